The summed E-state index contributed by atoms with van der Waals surface area (Å²) in [7, 11) is 0. The van der Waals surface area contributed by atoms with Gasteiger partial charge in [0, 0.05) is 30.1 Å². The number of urea groups is 1. The van der Waals surface area contributed by atoms with Crippen LogP contribution in [0.1, 0.15) is 56.6 Å². The first-order chi connectivity index (χ1) is 13.1. The van der Waals surface area contributed by atoms with Gasteiger partial charge in [0.15, 0.2) is 0 Å². The standard InChI is InChI=1S/C21H29ClN2O3/c22-15-9-7-14(8-10-15)20-17(11-13-27-20)23-21(26)24-12-3-5-18(24)16-4-1-2-6-19(16)25/h7-10,16-20,25H,1-6,11-13H2,(H,23,26). The van der Waals surface area contributed by atoms with Gasteiger partial charge in [-0.1, -0.05) is 36.6 Å². The SMILES string of the molecule is O=C(NC1CCOC1c1ccc(Cl)cc1)N1CCCC1C1CCCCC1O. The molecule has 0 spiro atoms. The zero-order chi connectivity index (χ0) is 18.8. The Kier molecular flexibility index (Phi) is 5.90. The van der Waals surface area contributed by atoms with Crippen LogP contribution in [0, 0.1) is 5.92 Å². The molecule has 1 saturated carbocycles. The number of nitrogens with zero attached hydrogens (tertiary/aromatic N) is 1. The maximum Gasteiger partial charge on any atom is 0.317 e. The van der Waals surface area contributed by atoms with Crippen molar-refractivity contribution in [3.05, 3.63) is 34.9 Å². The summed E-state index contributed by atoms with van der Waals surface area (Å²) < 4.78 is 5.90. The lowest BCUT2D eigenvalue weighted by Crippen LogP contribution is -2.51. The second kappa shape index (κ2) is 8.38. The molecule has 5 atom stereocenters. The molecule has 3 fully saturated rings. The van der Waals surface area contributed by atoms with Crippen molar-refractivity contribution in [1.82, 2.24) is 10.2 Å². The van der Waals surface area contributed by atoms with Gasteiger partial charge in [-0.3, -0.25) is 0 Å². The van der Waals surface area contributed by atoms with E-state index in [1.54, 1.807) is 0 Å². The van der Waals surface area contributed by atoms with Gasteiger partial charge < -0.3 is 20.1 Å². The summed E-state index contributed by atoms with van der Waals surface area (Å²) in [4.78, 5) is 15.0. The minimum absolute atomic E-state index is 0.00950. The van der Waals surface area contributed by atoms with E-state index in [1.165, 1.54) is 0 Å². The van der Waals surface area contributed by atoms with Crippen LogP contribution in [-0.4, -0.2) is 47.4 Å². The molecule has 2 saturated heterocycles. The number of aliphatic hydroxyl groups excluding tert-OH is 1. The maximum absolute atomic E-state index is 13.0. The first-order valence-corrected chi connectivity index (χ1v) is 10.6. The van der Waals surface area contributed by atoms with Crippen LogP contribution in [0.3, 0.4) is 0 Å². The highest BCUT2D eigenvalue weighted by molar-refractivity contribution is 6.30. The summed E-state index contributed by atoms with van der Waals surface area (Å²) in [5, 5.41) is 14.3. The predicted molar refractivity (Wildman–Crippen MR) is 105 cm³/mol. The van der Waals surface area contributed by atoms with Crippen molar-refractivity contribution in [3.8, 4) is 0 Å². The lowest BCUT2D eigenvalue weighted by Gasteiger charge is -2.37. The highest BCUT2D eigenvalue weighted by Gasteiger charge is 2.40. The summed E-state index contributed by atoms with van der Waals surface area (Å²) in [6, 6.07) is 7.78. The summed E-state index contributed by atoms with van der Waals surface area (Å²) in [5.74, 6) is 0.221. The Hall–Kier alpha value is -1.30. The van der Waals surface area contributed by atoms with Crippen LogP contribution in [0.4, 0.5) is 4.79 Å². The number of hydrogen-bond donors (Lipinski definition) is 2. The lowest BCUT2D eigenvalue weighted by atomic mass is 9.80. The number of benzene rings is 1. The van der Waals surface area contributed by atoms with Crippen LogP contribution in [0.5, 0.6) is 0 Å². The maximum atomic E-state index is 13.0. The topological polar surface area (TPSA) is 61.8 Å². The van der Waals surface area contributed by atoms with Crippen molar-refractivity contribution in [3.63, 3.8) is 0 Å². The molecule has 5 nitrogen and oxygen atoms in total. The van der Waals surface area contributed by atoms with Gasteiger partial charge in [-0.05, 0) is 49.8 Å². The van der Waals surface area contributed by atoms with Gasteiger partial charge in [0.2, 0.25) is 0 Å². The number of ether oxygens (including phenoxy) is 1. The first kappa shape index (κ1) is 19.0. The van der Waals surface area contributed by atoms with E-state index < -0.39 is 0 Å². The second-order valence-corrected chi connectivity index (χ2v) is 8.54. The molecule has 1 aromatic carbocycles. The Bertz CT molecular complexity index is 653. The van der Waals surface area contributed by atoms with Crippen LogP contribution < -0.4 is 5.32 Å². The molecule has 0 aromatic heterocycles. The Labute approximate surface area is 166 Å². The number of hydrogen-bond acceptors (Lipinski definition) is 3. The van der Waals surface area contributed by atoms with E-state index in [0.29, 0.717) is 11.6 Å². The fraction of sp³-hybridized carbons (Fsp3) is 0.667. The molecule has 3 aliphatic rings. The molecule has 2 N–H and O–H groups in total. The third kappa shape index (κ3) is 4.10. The van der Waals surface area contributed by atoms with E-state index >= 15 is 0 Å². The Morgan fingerprint density at radius 1 is 1.11 bits per heavy atom. The van der Waals surface area contributed by atoms with Crippen molar-refractivity contribution < 1.29 is 14.6 Å². The molecule has 2 amide bonds. The van der Waals surface area contributed by atoms with E-state index in [0.717, 1.165) is 57.1 Å². The van der Waals surface area contributed by atoms with Crippen molar-refractivity contribution in [1.29, 1.82) is 0 Å². The quantitative estimate of drug-likeness (QED) is 0.820. The van der Waals surface area contributed by atoms with Gasteiger partial charge in [0.1, 0.15) is 6.10 Å². The summed E-state index contributed by atoms with van der Waals surface area (Å²) in [6.45, 7) is 1.42. The Morgan fingerprint density at radius 3 is 2.67 bits per heavy atom. The van der Waals surface area contributed by atoms with Crippen molar-refractivity contribution in [2.75, 3.05) is 13.2 Å². The molecule has 0 bridgehead atoms. The molecule has 5 unspecified atom stereocenters. The van der Waals surface area contributed by atoms with Gasteiger partial charge in [0.05, 0.1) is 12.1 Å². The number of rotatable bonds is 3. The number of carbonyl (C=O) groups is 1. The summed E-state index contributed by atoms with van der Waals surface area (Å²) >= 11 is 5.99. The van der Waals surface area contributed by atoms with Gasteiger partial charge in [-0.2, -0.15) is 0 Å². The van der Waals surface area contributed by atoms with E-state index in [2.05, 4.69) is 5.32 Å². The number of nitrogens with one attached hydrogen (secondary N) is 1. The summed E-state index contributed by atoms with van der Waals surface area (Å²) in [6.07, 6.45) is 6.56. The molecule has 1 aliphatic carbocycles. The average molecular weight is 393 g/mol. The van der Waals surface area contributed by atoms with E-state index in [4.69, 9.17) is 16.3 Å². The Balaban J connectivity index is 1.42. The zero-order valence-electron chi connectivity index (χ0n) is 15.6. The predicted octanol–water partition coefficient (Wildman–Crippen LogP) is 3.90. The zero-order valence-corrected chi connectivity index (χ0v) is 16.4. The van der Waals surface area contributed by atoms with E-state index in [-0.39, 0.29) is 36.2 Å². The van der Waals surface area contributed by atoms with Crippen LogP contribution >= 0.6 is 11.6 Å². The van der Waals surface area contributed by atoms with Crippen LogP contribution in [0.25, 0.3) is 0 Å². The number of halogens is 1. The normalized spacial score (nSPS) is 34.0. The molecule has 27 heavy (non-hydrogen) atoms. The molecule has 4 rings (SSSR count). The monoisotopic (exact) mass is 392 g/mol. The number of amides is 2. The van der Waals surface area contributed by atoms with Gasteiger partial charge in [-0.25, -0.2) is 4.79 Å². The van der Waals surface area contributed by atoms with E-state index in [1.807, 2.05) is 29.2 Å². The fourth-order valence-electron chi connectivity index (χ4n) is 5.04. The highest BCUT2D eigenvalue weighted by atomic mass is 35.5. The van der Waals surface area contributed by atoms with Gasteiger partial charge >= 0.3 is 6.03 Å². The third-order valence-electron chi connectivity index (χ3n) is 6.44. The minimum atomic E-state index is -0.270. The molecule has 1 aromatic rings. The second-order valence-electron chi connectivity index (χ2n) is 8.11. The Morgan fingerprint density at radius 2 is 1.89 bits per heavy atom. The minimum Gasteiger partial charge on any atom is -0.393 e. The molecule has 148 valence electrons. The fourth-order valence-corrected chi connectivity index (χ4v) is 5.16. The molecule has 2 heterocycles. The van der Waals surface area contributed by atoms with Crippen LogP contribution in [-0.2, 0) is 4.74 Å². The van der Waals surface area contributed by atoms with Crippen LogP contribution in [0.2, 0.25) is 5.02 Å². The smallest absolute Gasteiger partial charge is 0.317 e. The largest absolute Gasteiger partial charge is 0.393 e. The van der Waals surface area contributed by atoms with Crippen molar-refractivity contribution in [2.24, 2.45) is 5.92 Å². The highest BCUT2D eigenvalue weighted by Crippen LogP contribution is 2.35. The summed E-state index contributed by atoms with van der Waals surface area (Å²) in [5.41, 5.74) is 1.04. The van der Waals surface area contributed by atoms with E-state index in [9.17, 15) is 9.90 Å². The first-order valence-electron chi connectivity index (χ1n) is 10.3. The number of carbonyl (C=O) groups excluding carboxylic acids is 1. The average Bonchev–Trinajstić information content (AvgIpc) is 3.32. The van der Waals surface area contributed by atoms with Gasteiger partial charge in [0.25, 0.3) is 0 Å². The number of likely N-dealkylation sites (tertiary alicyclic amines) is 1. The molecule has 6 heteroatoms. The molecular formula is C21H29ClN2O3. The molecular weight excluding hydrogens is 364 g/mol. The number of aliphatic hydroxyl groups is 1. The molecule has 2 aliphatic heterocycles. The van der Waals surface area contributed by atoms with Crippen molar-refractivity contribution in [2.45, 2.75) is 69.2 Å². The lowest BCUT2D eigenvalue weighted by molar-refractivity contribution is 0.0298. The van der Waals surface area contributed by atoms with Crippen LogP contribution in [0.15, 0.2) is 24.3 Å². The van der Waals surface area contributed by atoms with Gasteiger partial charge in [-0.15, -0.1) is 0 Å². The third-order valence-corrected chi connectivity index (χ3v) is 6.69. The molecule has 0 radical (unpaired) electrons. The van der Waals surface area contributed by atoms with Crippen molar-refractivity contribution >= 4 is 17.6 Å².